The molecule has 2 amide bonds. The van der Waals surface area contributed by atoms with Crippen LogP contribution in [0.2, 0.25) is 5.02 Å². The second-order valence-corrected chi connectivity index (χ2v) is 5.81. The standard InChI is InChI=1S/C17H18ClN3O/c1-12-13(18)6-5-7-14(12)19-17(22)21-11-10-20(2)15-8-3-4-9-16(15)21/h3-9H,10-11H2,1-2H3,(H,19,22). The number of nitrogens with zero attached hydrogens (tertiary/aromatic N) is 2. The molecule has 0 fully saturated rings. The van der Waals surface area contributed by atoms with Crippen LogP contribution >= 0.6 is 11.6 Å². The molecule has 0 atom stereocenters. The van der Waals surface area contributed by atoms with E-state index in [4.69, 9.17) is 11.6 Å². The number of fused-ring (bicyclic) bond motifs is 1. The van der Waals surface area contributed by atoms with Crippen molar-refractivity contribution in [2.75, 3.05) is 35.3 Å². The quantitative estimate of drug-likeness (QED) is 0.858. The molecule has 0 aliphatic carbocycles. The molecule has 5 heteroatoms. The van der Waals surface area contributed by atoms with Gasteiger partial charge in [0, 0.05) is 30.8 Å². The predicted octanol–water partition coefficient (Wildman–Crippen LogP) is 4.14. The van der Waals surface area contributed by atoms with E-state index in [1.807, 2.05) is 56.4 Å². The van der Waals surface area contributed by atoms with Crippen LogP contribution in [0, 0.1) is 6.92 Å². The fourth-order valence-electron chi connectivity index (χ4n) is 2.64. The molecule has 0 saturated carbocycles. The number of carbonyl (C=O) groups is 1. The number of benzene rings is 2. The zero-order valence-corrected chi connectivity index (χ0v) is 13.4. The molecule has 114 valence electrons. The van der Waals surface area contributed by atoms with Gasteiger partial charge in [-0.3, -0.25) is 4.90 Å². The van der Waals surface area contributed by atoms with Gasteiger partial charge in [0.15, 0.2) is 0 Å². The third-order valence-corrected chi connectivity index (χ3v) is 4.41. The van der Waals surface area contributed by atoms with Gasteiger partial charge in [-0.2, -0.15) is 0 Å². The van der Waals surface area contributed by atoms with E-state index in [-0.39, 0.29) is 6.03 Å². The summed E-state index contributed by atoms with van der Waals surface area (Å²) in [6.45, 7) is 3.35. The van der Waals surface area contributed by atoms with Gasteiger partial charge in [-0.05, 0) is 36.8 Å². The summed E-state index contributed by atoms with van der Waals surface area (Å²) >= 11 is 6.11. The van der Waals surface area contributed by atoms with Crippen molar-refractivity contribution in [1.82, 2.24) is 0 Å². The smallest absolute Gasteiger partial charge is 0.326 e. The van der Waals surface area contributed by atoms with E-state index in [1.165, 1.54) is 0 Å². The van der Waals surface area contributed by atoms with E-state index in [1.54, 1.807) is 4.90 Å². The number of amides is 2. The number of halogens is 1. The highest BCUT2D eigenvalue weighted by molar-refractivity contribution is 6.31. The topological polar surface area (TPSA) is 35.6 Å². The zero-order chi connectivity index (χ0) is 15.7. The van der Waals surface area contributed by atoms with Gasteiger partial charge in [0.2, 0.25) is 0 Å². The van der Waals surface area contributed by atoms with Crippen LogP contribution in [0.25, 0.3) is 0 Å². The molecule has 22 heavy (non-hydrogen) atoms. The third-order valence-electron chi connectivity index (χ3n) is 4.00. The summed E-state index contributed by atoms with van der Waals surface area (Å²) in [5, 5.41) is 3.61. The van der Waals surface area contributed by atoms with Gasteiger partial charge < -0.3 is 10.2 Å². The van der Waals surface area contributed by atoms with Gasteiger partial charge in [0.25, 0.3) is 0 Å². The molecule has 2 aromatic rings. The highest BCUT2D eigenvalue weighted by atomic mass is 35.5. The van der Waals surface area contributed by atoms with Gasteiger partial charge in [0.1, 0.15) is 0 Å². The summed E-state index contributed by atoms with van der Waals surface area (Å²) in [5.41, 5.74) is 3.61. The van der Waals surface area contributed by atoms with Crippen LogP contribution < -0.4 is 15.1 Å². The summed E-state index contributed by atoms with van der Waals surface area (Å²) in [5.74, 6) is 0. The average molecular weight is 316 g/mol. The molecule has 0 aromatic heterocycles. The summed E-state index contributed by atoms with van der Waals surface area (Å²) in [7, 11) is 2.04. The number of anilines is 3. The number of hydrogen-bond acceptors (Lipinski definition) is 2. The summed E-state index contributed by atoms with van der Waals surface area (Å²) in [6, 6.07) is 13.3. The average Bonchev–Trinajstić information content (AvgIpc) is 2.52. The van der Waals surface area contributed by atoms with Gasteiger partial charge >= 0.3 is 6.03 Å². The molecule has 1 aliphatic heterocycles. The molecule has 3 rings (SSSR count). The lowest BCUT2D eigenvalue weighted by molar-refractivity contribution is 0.257. The molecule has 0 unspecified atom stereocenters. The number of hydrogen-bond donors (Lipinski definition) is 1. The Balaban J connectivity index is 1.87. The number of urea groups is 1. The largest absolute Gasteiger partial charge is 0.371 e. The molecule has 1 aliphatic rings. The summed E-state index contributed by atoms with van der Waals surface area (Å²) in [4.78, 5) is 16.6. The minimum atomic E-state index is -0.133. The number of para-hydroxylation sites is 2. The van der Waals surface area contributed by atoms with Gasteiger partial charge in [-0.15, -0.1) is 0 Å². The fraction of sp³-hybridized carbons (Fsp3) is 0.235. The SMILES string of the molecule is Cc1c(Cl)cccc1NC(=O)N1CCN(C)c2ccccc21. The first kappa shape index (κ1) is 14.7. The van der Waals surface area contributed by atoms with Crippen LogP contribution in [0.1, 0.15) is 5.56 Å². The maximum absolute atomic E-state index is 12.7. The summed E-state index contributed by atoms with van der Waals surface area (Å²) in [6.07, 6.45) is 0. The van der Waals surface area contributed by atoms with Crippen molar-refractivity contribution in [3.63, 3.8) is 0 Å². The first-order chi connectivity index (χ1) is 10.6. The predicted molar refractivity (Wildman–Crippen MR) is 92.3 cm³/mol. The van der Waals surface area contributed by atoms with Crippen LogP contribution in [0.5, 0.6) is 0 Å². The van der Waals surface area contributed by atoms with Crippen molar-refractivity contribution >= 4 is 34.7 Å². The molecule has 4 nitrogen and oxygen atoms in total. The first-order valence-corrected chi connectivity index (χ1v) is 7.59. The third kappa shape index (κ3) is 2.62. The van der Waals surface area contributed by atoms with E-state index >= 15 is 0 Å². The zero-order valence-electron chi connectivity index (χ0n) is 12.6. The highest BCUT2D eigenvalue weighted by Gasteiger charge is 2.25. The van der Waals surface area contributed by atoms with Crippen LogP contribution in [0.3, 0.4) is 0 Å². The van der Waals surface area contributed by atoms with E-state index in [0.717, 1.165) is 29.2 Å². The molecule has 1 heterocycles. The van der Waals surface area contributed by atoms with Crippen molar-refractivity contribution in [2.45, 2.75) is 6.92 Å². The maximum atomic E-state index is 12.7. The monoisotopic (exact) mass is 315 g/mol. The van der Waals surface area contributed by atoms with E-state index in [0.29, 0.717) is 11.6 Å². The first-order valence-electron chi connectivity index (χ1n) is 7.21. The second-order valence-electron chi connectivity index (χ2n) is 5.40. The van der Waals surface area contributed by atoms with Crippen molar-refractivity contribution in [3.05, 3.63) is 53.1 Å². The Bertz CT molecular complexity index is 717. The lowest BCUT2D eigenvalue weighted by Crippen LogP contribution is -2.44. The molecular weight excluding hydrogens is 298 g/mol. The Morgan fingerprint density at radius 2 is 1.82 bits per heavy atom. The normalized spacial score (nSPS) is 13.8. The Hall–Kier alpha value is -2.20. The van der Waals surface area contributed by atoms with Gasteiger partial charge in [-0.1, -0.05) is 29.8 Å². The van der Waals surface area contributed by atoms with E-state index in [2.05, 4.69) is 10.2 Å². The van der Waals surface area contributed by atoms with Crippen LogP contribution in [-0.4, -0.2) is 26.2 Å². The number of likely N-dealkylation sites (N-methyl/N-ethyl adjacent to an activating group) is 1. The van der Waals surface area contributed by atoms with Gasteiger partial charge in [0.05, 0.1) is 11.4 Å². The van der Waals surface area contributed by atoms with Gasteiger partial charge in [-0.25, -0.2) is 4.79 Å². The number of nitrogens with one attached hydrogen (secondary N) is 1. The lowest BCUT2D eigenvalue weighted by Gasteiger charge is -2.35. The minimum absolute atomic E-state index is 0.133. The molecule has 0 bridgehead atoms. The van der Waals surface area contributed by atoms with Crippen molar-refractivity contribution in [2.24, 2.45) is 0 Å². The highest BCUT2D eigenvalue weighted by Crippen LogP contribution is 2.32. The van der Waals surface area contributed by atoms with Crippen molar-refractivity contribution in [3.8, 4) is 0 Å². The Labute approximate surface area is 135 Å². The minimum Gasteiger partial charge on any atom is -0.371 e. The second kappa shape index (κ2) is 5.89. The Kier molecular flexibility index (Phi) is 3.94. The Morgan fingerprint density at radius 3 is 2.59 bits per heavy atom. The molecule has 0 saturated heterocycles. The van der Waals surface area contributed by atoms with Crippen LogP contribution in [0.15, 0.2) is 42.5 Å². The van der Waals surface area contributed by atoms with Crippen LogP contribution in [0.4, 0.5) is 21.9 Å². The lowest BCUT2D eigenvalue weighted by atomic mass is 10.1. The summed E-state index contributed by atoms with van der Waals surface area (Å²) < 4.78 is 0. The molecule has 1 N–H and O–H groups in total. The van der Waals surface area contributed by atoms with Crippen molar-refractivity contribution < 1.29 is 4.79 Å². The van der Waals surface area contributed by atoms with Crippen LogP contribution in [-0.2, 0) is 0 Å². The molecular formula is C17H18ClN3O. The Morgan fingerprint density at radius 1 is 1.09 bits per heavy atom. The maximum Gasteiger partial charge on any atom is 0.326 e. The molecule has 0 spiro atoms. The van der Waals surface area contributed by atoms with E-state index < -0.39 is 0 Å². The van der Waals surface area contributed by atoms with E-state index in [9.17, 15) is 4.79 Å². The number of rotatable bonds is 1. The fourth-order valence-corrected chi connectivity index (χ4v) is 2.82. The molecule has 2 aromatic carbocycles. The molecule has 0 radical (unpaired) electrons. The number of carbonyl (C=O) groups excluding carboxylic acids is 1. The van der Waals surface area contributed by atoms with Crippen molar-refractivity contribution in [1.29, 1.82) is 0 Å².